The summed E-state index contributed by atoms with van der Waals surface area (Å²) >= 11 is 2.85. The second-order valence-electron chi connectivity index (χ2n) is 3.66. The van der Waals surface area contributed by atoms with Gasteiger partial charge in [0, 0.05) is 0 Å². The van der Waals surface area contributed by atoms with Crippen LogP contribution in [0.3, 0.4) is 0 Å². The van der Waals surface area contributed by atoms with Gasteiger partial charge in [0.2, 0.25) is 0 Å². The number of halogens is 1. The molecule has 6 heteroatoms. The Morgan fingerprint density at radius 2 is 1.93 bits per heavy atom. The molecule has 0 aliphatic heterocycles. The van der Waals surface area contributed by atoms with E-state index >= 15 is 0 Å². The fraction of sp³-hybridized carbons (Fsp3) is 0.667. The van der Waals surface area contributed by atoms with E-state index in [2.05, 4.69) is 25.5 Å². The number of nitrogens with zero attached hydrogens (tertiary/aromatic N) is 1. The molecule has 1 amide bonds. The molecule has 0 rings (SSSR count). The zero-order valence-electron chi connectivity index (χ0n) is 8.95. The summed E-state index contributed by atoms with van der Waals surface area (Å²) in [4.78, 5) is 22.0. The lowest BCUT2D eigenvalue weighted by Gasteiger charge is -2.11. The molecular weight excluding hydrogens is 264 g/mol. The molecule has 0 heterocycles. The summed E-state index contributed by atoms with van der Waals surface area (Å²) in [6, 6.07) is -0.908. The molecule has 0 fully saturated rings. The number of hydrogen-bond acceptors (Lipinski definition) is 3. The number of carbonyl (C=O) groups is 2. The van der Waals surface area contributed by atoms with Crippen molar-refractivity contribution in [1.82, 2.24) is 5.32 Å². The number of rotatable bonds is 5. The van der Waals surface area contributed by atoms with Gasteiger partial charge in [-0.3, -0.25) is 9.59 Å². The maximum absolute atomic E-state index is 11.5. The highest BCUT2D eigenvalue weighted by Crippen LogP contribution is 2.04. The van der Waals surface area contributed by atoms with Crippen molar-refractivity contribution in [3.8, 4) is 0 Å². The van der Waals surface area contributed by atoms with Gasteiger partial charge in [0.1, 0.15) is 11.8 Å². The van der Waals surface area contributed by atoms with Crippen molar-refractivity contribution in [3.63, 3.8) is 0 Å². The smallest absolute Gasteiger partial charge is 0.325 e. The third kappa shape index (κ3) is 5.51. The highest BCUT2D eigenvalue weighted by Gasteiger charge is 2.18. The van der Waals surface area contributed by atoms with E-state index in [4.69, 9.17) is 5.11 Å². The molecule has 0 aromatic heterocycles. The van der Waals surface area contributed by atoms with Gasteiger partial charge in [0.05, 0.1) is 16.1 Å². The molecule has 0 radical (unpaired) electrons. The van der Waals surface area contributed by atoms with E-state index in [1.54, 1.807) is 0 Å². The van der Waals surface area contributed by atoms with E-state index in [-0.39, 0.29) is 5.92 Å². The quantitative estimate of drug-likeness (QED) is 0.746. The molecule has 0 bridgehead atoms. The molecule has 15 heavy (non-hydrogen) atoms. The highest BCUT2D eigenvalue weighted by atomic mass is 79.9. The standard InChI is InChI=1S/C9H15BrN2O3/c1-5(2)4-7(12-10)8(13)11-6(3)9(14)15/h5-6H,4H2,1-3H3,(H,11,13)(H,14,15)/b12-7-/t6-/m0/s1. The van der Waals surface area contributed by atoms with Crippen molar-refractivity contribution in [2.45, 2.75) is 33.2 Å². The minimum absolute atomic E-state index is 0.284. The molecule has 86 valence electrons. The van der Waals surface area contributed by atoms with Crippen molar-refractivity contribution in [2.75, 3.05) is 0 Å². The van der Waals surface area contributed by atoms with Crippen molar-refractivity contribution in [1.29, 1.82) is 0 Å². The summed E-state index contributed by atoms with van der Waals surface area (Å²) in [7, 11) is 0. The molecular formula is C9H15BrN2O3. The Bertz CT molecular complexity index is 277. The lowest BCUT2D eigenvalue weighted by atomic mass is 10.1. The lowest BCUT2D eigenvalue weighted by molar-refractivity contribution is -0.140. The van der Waals surface area contributed by atoms with Gasteiger partial charge in [0.15, 0.2) is 0 Å². The Hall–Kier alpha value is -0.910. The van der Waals surface area contributed by atoms with Crippen LogP contribution in [0.2, 0.25) is 0 Å². The van der Waals surface area contributed by atoms with Crippen LogP contribution in [0.15, 0.2) is 4.02 Å². The van der Waals surface area contributed by atoms with Crippen LogP contribution in [0.5, 0.6) is 0 Å². The van der Waals surface area contributed by atoms with E-state index in [0.29, 0.717) is 12.1 Å². The molecule has 0 aliphatic rings. The second kappa shape index (κ2) is 6.55. The zero-order chi connectivity index (χ0) is 12.0. The minimum atomic E-state index is -1.07. The Morgan fingerprint density at radius 3 is 2.27 bits per heavy atom. The average Bonchev–Trinajstić information content (AvgIpc) is 2.13. The Labute approximate surface area is 97.3 Å². The normalized spacial score (nSPS) is 13.8. The molecule has 0 spiro atoms. The predicted octanol–water partition coefficient (Wildman–Crippen LogP) is 1.37. The molecule has 0 aliphatic carbocycles. The van der Waals surface area contributed by atoms with E-state index < -0.39 is 17.9 Å². The molecule has 5 nitrogen and oxygen atoms in total. The number of carboxylic acid groups (broad SMARTS) is 1. The summed E-state index contributed by atoms with van der Waals surface area (Å²) in [5.41, 5.74) is 0.304. The van der Waals surface area contributed by atoms with E-state index in [9.17, 15) is 9.59 Å². The first-order valence-corrected chi connectivity index (χ1v) is 5.30. The van der Waals surface area contributed by atoms with E-state index in [1.807, 2.05) is 13.8 Å². The minimum Gasteiger partial charge on any atom is -0.480 e. The number of hydrogen-bond donors (Lipinski definition) is 2. The largest absolute Gasteiger partial charge is 0.480 e. The molecule has 0 unspecified atom stereocenters. The molecule has 0 aromatic rings. The Balaban J connectivity index is 4.36. The van der Waals surface area contributed by atoms with Gasteiger partial charge < -0.3 is 10.4 Å². The van der Waals surface area contributed by atoms with Gasteiger partial charge in [-0.2, -0.15) is 0 Å². The van der Waals surface area contributed by atoms with Crippen LogP contribution >= 0.6 is 16.1 Å². The summed E-state index contributed by atoms with van der Waals surface area (Å²) in [6.07, 6.45) is 0.503. The van der Waals surface area contributed by atoms with Gasteiger partial charge >= 0.3 is 5.97 Å². The van der Waals surface area contributed by atoms with Crippen LogP contribution in [0.4, 0.5) is 0 Å². The number of carbonyl (C=O) groups excluding carboxylic acids is 1. The van der Waals surface area contributed by atoms with Gasteiger partial charge in [-0.1, -0.05) is 13.8 Å². The summed E-state index contributed by atoms with van der Waals surface area (Å²) in [6.45, 7) is 5.31. The summed E-state index contributed by atoms with van der Waals surface area (Å²) in [5, 5.41) is 10.9. The number of carboxylic acids is 1. The maximum Gasteiger partial charge on any atom is 0.325 e. The van der Waals surface area contributed by atoms with Crippen LogP contribution in [-0.2, 0) is 9.59 Å². The van der Waals surface area contributed by atoms with Gasteiger partial charge in [-0.05, 0) is 19.3 Å². The molecule has 1 atom stereocenters. The first kappa shape index (κ1) is 14.1. The lowest BCUT2D eigenvalue weighted by Crippen LogP contribution is -2.42. The number of aliphatic carboxylic acids is 1. The van der Waals surface area contributed by atoms with Gasteiger partial charge in [-0.15, -0.1) is 0 Å². The Morgan fingerprint density at radius 1 is 1.40 bits per heavy atom. The van der Waals surface area contributed by atoms with Crippen LogP contribution in [-0.4, -0.2) is 28.7 Å². The average molecular weight is 279 g/mol. The third-order valence-corrected chi connectivity index (χ3v) is 2.11. The summed E-state index contributed by atoms with van der Waals surface area (Å²) in [5.74, 6) is -1.23. The van der Waals surface area contributed by atoms with Gasteiger partial charge in [0.25, 0.3) is 5.91 Å². The van der Waals surface area contributed by atoms with Crippen molar-refractivity contribution < 1.29 is 14.7 Å². The van der Waals surface area contributed by atoms with Crippen molar-refractivity contribution >= 4 is 33.7 Å². The molecule has 0 saturated heterocycles. The van der Waals surface area contributed by atoms with Crippen LogP contribution in [0.1, 0.15) is 27.2 Å². The van der Waals surface area contributed by atoms with E-state index in [1.165, 1.54) is 6.92 Å². The van der Waals surface area contributed by atoms with Crippen molar-refractivity contribution in [3.05, 3.63) is 0 Å². The predicted molar refractivity (Wildman–Crippen MR) is 61.1 cm³/mol. The van der Waals surface area contributed by atoms with E-state index in [0.717, 1.165) is 0 Å². The topological polar surface area (TPSA) is 78.8 Å². The van der Waals surface area contributed by atoms with Crippen LogP contribution in [0, 0.1) is 5.92 Å². The SMILES string of the molecule is CC(C)C/C(=N/Br)C(=O)N[C@@H](C)C(=O)O. The zero-order valence-corrected chi connectivity index (χ0v) is 10.5. The van der Waals surface area contributed by atoms with Crippen molar-refractivity contribution in [2.24, 2.45) is 9.94 Å². The summed E-state index contributed by atoms with van der Waals surface area (Å²) < 4.78 is 3.66. The molecule has 2 N–H and O–H groups in total. The number of nitrogens with one attached hydrogen (secondary N) is 1. The third-order valence-electron chi connectivity index (χ3n) is 1.68. The monoisotopic (exact) mass is 278 g/mol. The maximum atomic E-state index is 11.5. The first-order chi connectivity index (χ1) is 6.88. The fourth-order valence-corrected chi connectivity index (χ4v) is 1.20. The van der Waals surface area contributed by atoms with Crippen LogP contribution < -0.4 is 5.32 Å². The fourth-order valence-electron chi connectivity index (χ4n) is 0.894. The molecule has 0 aromatic carbocycles. The number of amides is 1. The highest BCUT2D eigenvalue weighted by molar-refractivity contribution is 9.08. The van der Waals surface area contributed by atoms with Gasteiger partial charge in [-0.25, -0.2) is 4.02 Å². The first-order valence-electron chi connectivity index (χ1n) is 4.60. The van der Waals surface area contributed by atoms with Crippen LogP contribution in [0.25, 0.3) is 0 Å². The second-order valence-corrected chi connectivity index (χ2v) is 4.02. The Kier molecular flexibility index (Phi) is 6.15. The molecule has 0 saturated carbocycles.